The summed E-state index contributed by atoms with van der Waals surface area (Å²) in [4.78, 5) is 21.8. The van der Waals surface area contributed by atoms with Crippen molar-refractivity contribution in [1.82, 2.24) is 10.6 Å². The van der Waals surface area contributed by atoms with Crippen LogP contribution in [0.15, 0.2) is 0 Å². The van der Waals surface area contributed by atoms with Gasteiger partial charge in [0.05, 0.1) is 6.04 Å². The van der Waals surface area contributed by atoms with Gasteiger partial charge in [-0.05, 0) is 13.0 Å². The largest absolute Gasteiger partial charge is 0.471 e. The van der Waals surface area contributed by atoms with Gasteiger partial charge in [-0.1, -0.05) is 0 Å². The van der Waals surface area contributed by atoms with Crippen molar-refractivity contribution in [2.45, 2.75) is 25.1 Å². The molecule has 0 spiro atoms. The molecule has 1 atom stereocenters. The number of carbonyl (C=O) groups is 2. The van der Waals surface area contributed by atoms with Crippen molar-refractivity contribution in [3.05, 3.63) is 0 Å². The zero-order valence-electron chi connectivity index (χ0n) is 7.86. The van der Waals surface area contributed by atoms with Crippen molar-refractivity contribution in [3.8, 4) is 0 Å². The predicted molar refractivity (Wildman–Crippen MR) is 45.1 cm³/mol. The van der Waals surface area contributed by atoms with Gasteiger partial charge in [0.25, 0.3) is 0 Å². The Bertz CT molecular complexity index is 265. The number of nitrogens with one attached hydrogen (secondary N) is 2. The highest BCUT2D eigenvalue weighted by Gasteiger charge is 2.40. The molecule has 0 aromatic rings. The lowest BCUT2D eigenvalue weighted by molar-refractivity contribution is -0.174. The molecule has 1 aliphatic heterocycles. The zero-order valence-corrected chi connectivity index (χ0v) is 7.86. The Hall–Kier alpha value is -1.11. The molecule has 4 nitrogen and oxygen atoms in total. The summed E-state index contributed by atoms with van der Waals surface area (Å²) in [6.07, 6.45) is -4.59. The summed E-state index contributed by atoms with van der Waals surface area (Å²) >= 11 is 0. The normalized spacial score (nSPS) is 23.4. The van der Waals surface area contributed by atoms with E-state index in [9.17, 15) is 22.8 Å². The van der Waals surface area contributed by atoms with E-state index in [1.54, 1.807) is 5.32 Å². The maximum atomic E-state index is 11.9. The Kier molecular flexibility index (Phi) is 3.67. The third-order valence-corrected chi connectivity index (χ3v) is 2.11. The minimum absolute atomic E-state index is 0.142. The van der Waals surface area contributed by atoms with Gasteiger partial charge in [0.2, 0.25) is 0 Å². The Morgan fingerprint density at radius 3 is 2.67 bits per heavy atom. The molecule has 86 valence electrons. The minimum Gasteiger partial charge on any atom is -0.338 e. The molecule has 1 heterocycles. The maximum Gasteiger partial charge on any atom is 0.471 e. The van der Waals surface area contributed by atoms with Crippen LogP contribution in [0.1, 0.15) is 12.8 Å². The van der Waals surface area contributed by atoms with Gasteiger partial charge in [0, 0.05) is 13.0 Å². The van der Waals surface area contributed by atoms with Crippen LogP contribution < -0.4 is 10.6 Å². The van der Waals surface area contributed by atoms with Gasteiger partial charge in [0.1, 0.15) is 0 Å². The number of ketones is 1. The molecule has 0 radical (unpaired) electrons. The van der Waals surface area contributed by atoms with Crippen molar-refractivity contribution in [2.24, 2.45) is 0 Å². The molecule has 1 saturated heterocycles. The monoisotopic (exact) mass is 224 g/mol. The first-order valence-corrected chi connectivity index (χ1v) is 4.52. The molecule has 15 heavy (non-hydrogen) atoms. The summed E-state index contributed by atoms with van der Waals surface area (Å²) in [7, 11) is 0. The van der Waals surface area contributed by atoms with Gasteiger partial charge in [-0.25, -0.2) is 0 Å². The number of alkyl halides is 3. The van der Waals surface area contributed by atoms with E-state index in [0.717, 1.165) is 0 Å². The molecule has 0 aliphatic carbocycles. The summed E-state index contributed by atoms with van der Waals surface area (Å²) < 4.78 is 35.7. The molecular weight excluding hydrogens is 213 g/mol. The molecule has 1 amide bonds. The highest BCUT2D eigenvalue weighted by Crippen LogP contribution is 2.15. The molecular formula is C8H11F3N2O2. The molecule has 0 saturated carbocycles. The second kappa shape index (κ2) is 4.61. The smallest absolute Gasteiger partial charge is 0.338 e. The zero-order chi connectivity index (χ0) is 11.5. The van der Waals surface area contributed by atoms with Crippen LogP contribution in [0.25, 0.3) is 0 Å². The van der Waals surface area contributed by atoms with E-state index < -0.39 is 18.1 Å². The Labute approximate surface area is 84.2 Å². The topological polar surface area (TPSA) is 58.2 Å². The van der Waals surface area contributed by atoms with E-state index in [1.165, 1.54) is 0 Å². The Morgan fingerprint density at radius 2 is 2.07 bits per heavy atom. The molecule has 0 bridgehead atoms. The van der Waals surface area contributed by atoms with E-state index in [0.29, 0.717) is 13.1 Å². The molecule has 0 unspecified atom stereocenters. The van der Waals surface area contributed by atoms with Crippen LogP contribution in [0.3, 0.4) is 0 Å². The van der Waals surface area contributed by atoms with Gasteiger partial charge in [-0.3, -0.25) is 9.59 Å². The summed E-state index contributed by atoms with van der Waals surface area (Å²) in [5.74, 6) is -2.42. The molecule has 2 N–H and O–H groups in total. The van der Waals surface area contributed by atoms with E-state index in [4.69, 9.17) is 0 Å². The molecule has 1 aliphatic rings. The average molecular weight is 224 g/mol. The van der Waals surface area contributed by atoms with E-state index in [-0.39, 0.29) is 18.6 Å². The highest BCUT2D eigenvalue weighted by molar-refractivity contribution is 5.91. The van der Waals surface area contributed by atoms with Crippen molar-refractivity contribution in [2.75, 3.05) is 13.1 Å². The lowest BCUT2D eigenvalue weighted by Crippen LogP contribution is -2.46. The van der Waals surface area contributed by atoms with E-state index in [1.807, 2.05) is 0 Å². The average Bonchev–Trinajstić information content (AvgIpc) is 2.30. The summed E-state index contributed by atoms with van der Waals surface area (Å²) in [6, 6.07) is -1.02. The van der Waals surface area contributed by atoms with Crippen LogP contribution in [0.2, 0.25) is 0 Å². The number of Topliss-reactive ketones (excluding diaryl/α,β-unsaturated/α-hetero) is 1. The van der Waals surface area contributed by atoms with Crippen LogP contribution in [0.4, 0.5) is 13.2 Å². The first-order chi connectivity index (χ1) is 6.91. The fourth-order valence-electron chi connectivity index (χ4n) is 1.31. The van der Waals surface area contributed by atoms with Gasteiger partial charge < -0.3 is 10.6 Å². The second-order valence-corrected chi connectivity index (χ2v) is 3.28. The third kappa shape index (κ3) is 3.50. The fourth-order valence-corrected chi connectivity index (χ4v) is 1.31. The van der Waals surface area contributed by atoms with Gasteiger partial charge in [-0.2, -0.15) is 13.2 Å². The number of hydrogen-bond donors (Lipinski definition) is 2. The predicted octanol–water partition coefficient (Wildman–Crippen LogP) is -0.0140. The van der Waals surface area contributed by atoms with Crippen LogP contribution in [0, 0.1) is 0 Å². The Morgan fingerprint density at radius 1 is 1.40 bits per heavy atom. The number of hydrogen-bond acceptors (Lipinski definition) is 3. The molecule has 0 aromatic carbocycles. The lowest BCUT2D eigenvalue weighted by Gasteiger charge is -2.15. The van der Waals surface area contributed by atoms with Crippen LogP contribution >= 0.6 is 0 Å². The summed E-state index contributed by atoms with van der Waals surface area (Å²) in [5.41, 5.74) is 0. The fraction of sp³-hybridized carbons (Fsp3) is 0.750. The van der Waals surface area contributed by atoms with Gasteiger partial charge >= 0.3 is 12.1 Å². The second-order valence-electron chi connectivity index (χ2n) is 3.28. The van der Waals surface area contributed by atoms with Crippen molar-refractivity contribution in [1.29, 1.82) is 0 Å². The van der Waals surface area contributed by atoms with Crippen LogP contribution in [0.5, 0.6) is 0 Å². The third-order valence-electron chi connectivity index (χ3n) is 2.11. The van der Waals surface area contributed by atoms with Gasteiger partial charge in [-0.15, -0.1) is 0 Å². The number of amides is 1. The van der Waals surface area contributed by atoms with Crippen molar-refractivity contribution in [3.63, 3.8) is 0 Å². The van der Waals surface area contributed by atoms with E-state index >= 15 is 0 Å². The Balaban J connectivity index is 2.56. The molecule has 1 fully saturated rings. The highest BCUT2D eigenvalue weighted by atomic mass is 19.4. The SMILES string of the molecule is O=C1CCNCC[C@@H]1NC(=O)C(F)(F)F. The van der Waals surface area contributed by atoms with Crippen LogP contribution in [-0.4, -0.2) is 37.0 Å². The quantitative estimate of drug-likeness (QED) is 0.658. The van der Waals surface area contributed by atoms with Crippen molar-refractivity contribution >= 4 is 11.7 Å². The summed E-state index contributed by atoms with van der Waals surface area (Å²) in [5, 5.41) is 4.56. The van der Waals surface area contributed by atoms with E-state index in [2.05, 4.69) is 5.32 Å². The number of halogens is 3. The van der Waals surface area contributed by atoms with Crippen molar-refractivity contribution < 1.29 is 22.8 Å². The molecule has 7 heteroatoms. The minimum atomic E-state index is -4.93. The maximum absolute atomic E-state index is 11.9. The standard InChI is InChI=1S/C8H11F3N2O2/c9-8(10,11)7(15)13-5-1-3-12-4-2-6(5)14/h5,12H,1-4H2,(H,13,15)/t5-/m0/s1. The first-order valence-electron chi connectivity index (χ1n) is 4.52. The summed E-state index contributed by atoms with van der Waals surface area (Å²) in [6.45, 7) is 0.867. The first kappa shape index (κ1) is 12.0. The van der Waals surface area contributed by atoms with Gasteiger partial charge in [0.15, 0.2) is 5.78 Å². The molecule has 0 aromatic heterocycles. The lowest BCUT2D eigenvalue weighted by atomic mass is 10.1. The van der Waals surface area contributed by atoms with Crippen LogP contribution in [-0.2, 0) is 9.59 Å². The number of rotatable bonds is 1. The number of carbonyl (C=O) groups excluding carboxylic acids is 2. The molecule has 1 rings (SSSR count).